The molecule has 37 heavy (non-hydrogen) atoms. The fourth-order valence-corrected chi connectivity index (χ4v) is 5.88. The summed E-state index contributed by atoms with van der Waals surface area (Å²) in [5, 5.41) is 2.94. The van der Waals surface area contributed by atoms with E-state index in [1.807, 2.05) is 18.2 Å². The van der Waals surface area contributed by atoms with Crippen molar-refractivity contribution in [2.24, 2.45) is 0 Å². The van der Waals surface area contributed by atoms with Gasteiger partial charge in [0.2, 0.25) is 0 Å². The van der Waals surface area contributed by atoms with E-state index >= 15 is 0 Å². The second kappa shape index (κ2) is 11.9. The first-order chi connectivity index (χ1) is 17.9. The van der Waals surface area contributed by atoms with E-state index in [2.05, 4.69) is 11.4 Å². The molecular formula is C28H30N2O6S. The Morgan fingerprint density at radius 2 is 1.65 bits per heavy atom. The maximum atomic E-state index is 13.0. The second-order valence-corrected chi connectivity index (χ2v) is 10.5. The number of ether oxygens (including phenoxy) is 2. The highest BCUT2D eigenvalue weighted by Gasteiger charge is 2.24. The summed E-state index contributed by atoms with van der Waals surface area (Å²) in [5.74, 6) is -0.666. The van der Waals surface area contributed by atoms with Crippen LogP contribution in [0.3, 0.4) is 0 Å². The minimum atomic E-state index is -3.71. The SMILES string of the molecule is CCN(c1ccc(OCC(=O)OCC(=O)N[C@@H]2CCCc3ccccc32)cc1)S(=O)(=O)c1ccccc1. The van der Waals surface area contributed by atoms with Crippen molar-refractivity contribution >= 4 is 27.6 Å². The predicted molar refractivity (Wildman–Crippen MR) is 140 cm³/mol. The summed E-state index contributed by atoms with van der Waals surface area (Å²) < 4.78 is 37.8. The molecule has 1 amide bonds. The van der Waals surface area contributed by atoms with E-state index in [-0.39, 0.29) is 36.6 Å². The molecular weight excluding hydrogens is 492 g/mol. The Bertz CT molecular complexity index is 1330. The number of benzene rings is 3. The van der Waals surface area contributed by atoms with E-state index in [0.29, 0.717) is 11.4 Å². The lowest BCUT2D eigenvalue weighted by Crippen LogP contribution is -2.34. The largest absolute Gasteiger partial charge is 0.482 e. The number of rotatable bonds is 10. The number of fused-ring (bicyclic) bond motifs is 1. The van der Waals surface area contributed by atoms with Crippen LogP contribution in [0.4, 0.5) is 5.69 Å². The van der Waals surface area contributed by atoms with Crippen molar-refractivity contribution in [3.63, 3.8) is 0 Å². The topological polar surface area (TPSA) is 102 Å². The Morgan fingerprint density at radius 3 is 2.38 bits per heavy atom. The number of sulfonamides is 1. The van der Waals surface area contributed by atoms with Crippen molar-refractivity contribution in [3.8, 4) is 5.75 Å². The van der Waals surface area contributed by atoms with Crippen LogP contribution < -0.4 is 14.4 Å². The Balaban J connectivity index is 1.26. The molecule has 0 saturated carbocycles. The molecule has 0 aliphatic heterocycles. The average Bonchev–Trinajstić information content (AvgIpc) is 2.92. The quantitative estimate of drug-likeness (QED) is 0.404. The van der Waals surface area contributed by atoms with E-state index in [9.17, 15) is 18.0 Å². The maximum Gasteiger partial charge on any atom is 0.344 e. The van der Waals surface area contributed by atoms with E-state index in [0.717, 1.165) is 24.8 Å². The molecule has 1 N–H and O–H groups in total. The molecule has 1 aliphatic carbocycles. The van der Waals surface area contributed by atoms with Crippen LogP contribution in [0.15, 0.2) is 83.8 Å². The third-order valence-electron chi connectivity index (χ3n) is 6.17. The third kappa shape index (κ3) is 6.48. The number of amides is 1. The molecule has 0 heterocycles. The highest BCUT2D eigenvalue weighted by molar-refractivity contribution is 7.92. The highest BCUT2D eigenvalue weighted by atomic mass is 32.2. The standard InChI is InChI=1S/C28H30N2O6S/c1-2-30(37(33,34)24-11-4-3-5-12-24)22-15-17-23(18-16-22)35-20-28(32)36-19-27(31)29-26-14-8-10-21-9-6-7-13-25(21)26/h3-7,9,11-13,15-18,26H,2,8,10,14,19-20H2,1H3,(H,29,31)/t26-/m1/s1. The molecule has 194 valence electrons. The van der Waals surface area contributed by atoms with Crippen molar-refractivity contribution in [2.75, 3.05) is 24.1 Å². The molecule has 0 spiro atoms. The number of esters is 1. The average molecular weight is 523 g/mol. The monoisotopic (exact) mass is 522 g/mol. The van der Waals surface area contributed by atoms with Gasteiger partial charge in [0, 0.05) is 6.54 Å². The van der Waals surface area contributed by atoms with Crippen molar-refractivity contribution < 1.29 is 27.5 Å². The lowest BCUT2D eigenvalue weighted by Gasteiger charge is -2.26. The van der Waals surface area contributed by atoms with Crippen LogP contribution >= 0.6 is 0 Å². The molecule has 1 aliphatic rings. The molecule has 0 fully saturated rings. The zero-order valence-electron chi connectivity index (χ0n) is 20.6. The van der Waals surface area contributed by atoms with Gasteiger partial charge in [-0.05, 0) is 73.7 Å². The van der Waals surface area contributed by atoms with Gasteiger partial charge in [0.1, 0.15) is 5.75 Å². The van der Waals surface area contributed by atoms with Crippen molar-refractivity contribution in [1.29, 1.82) is 0 Å². The molecule has 4 rings (SSSR count). The van der Waals surface area contributed by atoms with E-state index < -0.39 is 16.0 Å². The Kier molecular flexibility index (Phi) is 8.45. The van der Waals surface area contributed by atoms with Crippen LogP contribution in [0.25, 0.3) is 0 Å². The summed E-state index contributed by atoms with van der Waals surface area (Å²) in [6.45, 7) is 1.24. The molecule has 0 saturated heterocycles. The summed E-state index contributed by atoms with van der Waals surface area (Å²) in [6.07, 6.45) is 2.83. The zero-order chi connectivity index (χ0) is 26.3. The number of nitrogens with one attached hydrogen (secondary N) is 1. The van der Waals surface area contributed by atoms with Crippen LogP contribution in [0.1, 0.15) is 36.9 Å². The van der Waals surface area contributed by atoms with Gasteiger partial charge in [-0.3, -0.25) is 9.10 Å². The van der Waals surface area contributed by atoms with Gasteiger partial charge in [0.15, 0.2) is 13.2 Å². The van der Waals surface area contributed by atoms with Crippen LogP contribution in [0.2, 0.25) is 0 Å². The Hall–Kier alpha value is -3.85. The number of nitrogens with zero attached hydrogens (tertiary/aromatic N) is 1. The number of carbonyl (C=O) groups is 2. The Morgan fingerprint density at radius 1 is 0.946 bits per heavy atom. The molecule has 1 atom stereocenters. The predicted octanol–water partition coefficient (Wildman–Crippen LogP) is 4.02. The van der Waals surface area contributed by atoms with Gasteiger partial charge in [-0.2, -0.15) is 0 Å². The van der Waals surface area contributed by atoms with Crippen LogP contribution in [0.5, 0.6) is 5.75 Å². The third-order valence-corrected chi connectivity index (χ3v) is 8.09. The van der Waals surface area contributed by atoms with Crippen LogP contribution in [-0.4, -0.2) is 40.1 Å². The molecule has 0 bridgehead atoms. The minimum Gasteiger partial charge on any atom is -0.482 e. The fourth-order valence-electron chi connectivity index (χ4n) is 4.39. The van der Waals surface area contributed by atoms with Crippen LogP contribution in [-0.2, 0) is 30.8 Å². The summed E-state index contributed by atoms with van der Waals surface area (Å²) >= 11 is 0. The summed E-state index contributed by atoms with van der Waals surface area (Å²) in [4.78, 5) is 24.6. The molecule has 0 unspecified atom stereocenters. The minimum absolute atomic E-state index is 0.0840. The molecule has 0 aromatic heterocycles. The summed E-state index contributed by atoms with van der Waals surface area (Å²) in [6, 6.07) is 22.5. The van der Waals surface area contributed by atoms with Gasteiger partial charge < -0.3 is 14.8 Å². The van der Waals surface area contributed by atoms with Gasteiger partial charge in [-0.25, -0.2) is 13.2 Å². The number of aryl methyl sites for hydroxylation is 1. The fraction of sp³-hybridized carbons (Fsp3) is 0.286. The molecule has 8 nitrogen and oxygen atoms in total. The summed E-state index contributed by atoms with van der Waals surface area (Å²) in [7, 11) is -3.71. The van der Waals surface area contributed by atoms with Gasteiger partial charge in [-0.1, -0.05) is 42.5 Å². The number of anilines is 1. The van der Waals surface area contributed by atoms with E-state index in [4.69, 9.17) is 9.47 Å². The Labute approximate surface area is 217 Å². The maximum absolute atomic E-state index is 13.0. The molecule has 3 aromatic carbocycles. The lowest BCUT2D eigenvalue weighted by atomic mass is 9.88. The van der Waals surface area contributed by atoms with E-state index in [1.165, 1.54) is 9.87 Å². The lowest BCUT2D eigenvalue weighted by molar-refractivity contribution is -0.150. The highest BCUT2D eigenvalue weighted by Crippen LogP contribution is 2.29. The number of hydrogen-bond donors (Lipinski definition) is 1. The van der Waals surface area contributed by atoms with Gasteiger partial charge in [0.05, 0.1) is 16.6 Å². The smallest absolute Gasteiger partial charge is 0.344 e. The molecule has 3 aromatic rings. The van der Waals surface area contributed by atoms with Gasteiger partial charge in [-0.15, -0.1) is 0 Å². The van der Waals surface area contributed by atoms with Crippen molar-refractivity contribution in [1.82, 2.24) is 5.32 Å². The zero-order valence-corrected chi connectivity index (χ0v) is 21.4. The van der Waals surface area contributed by atoms with Gasteiger partial charge in [0.25, 0.3) is 15.9 Å². The molecule has 9 heteroatoms. The molecule has 0 radical (unpaired) electrons. The second-order valence-electron chi connectivity index (χ2n) is 8.64. The van der Waals surface area contributed by atoms with Crippen molar-refractivity contribution in [3.05, 3.63) is 90.0 Å². The first-order valence-electron chi connectivity index (χ1n) is 12.2. The van der Waals surface area contributed by atoms with Crippen molar-refractivity contribution in [2.45, 2.75) is 37.1 Å². The van der Waals surface area contributed by atoms with Gasteiger partial charge >= 0.3 is 5.97 Å². The first-order valence-corrected chi connectivity index (χ1v) is 13.7. The first kappa shape index (κ1) is 26.2. The number of carbonyl (C=O) groups excluding carboxylic acids is 2. The normalized spacial score (nSPS) is 14.8. The van der Waals surface area contributed by atoms with E-state index in [1.54, 1.807) is 61.5 Å². The number of hydrogen-bond acceptors (Lipinski definition) is 6. The van der Waals surface area contributed by atoms with Crippen LogP contribution in [0, 0.1) is 0 Å². The summed E-state index contributed by atoms with van der Waals surface area (Å²) in [5.41, 5.74) is 2.82.